The van der Waals surface area contributed by atoms with E-state index in [9.17, 15) is 9.59 Å². The predicted octanol–water partition coefficient (Wildman–Crippen LogP) is 4.94. The number of hydrogen-bond acceptors (Lipinski definition) is 8. The van der Waals surface area contributed by atoms with E-state index >= 15 is 0 Å². The van der Waals surface area contributed by atoms with Crippen LogP contribution in [0.5, 0.6) is 5.75 Å². The number of aromatic nitrogens is 1. The Balaban J connectivity index is 1.58. The van der Waals surface area contributed by atoms with E-state index < -0.39 is 12.0 Å². The minimum Gasteiger partial charge on any atom is -0.497 e. The maximum Gasteiger partial charge on any atom is 0.338 e. The molecule has 1 atom stereocenters. The number of hydrogen-bond donors (Lipinski definition) is 0. The highest BCUT2D eigenvalue weighted by atomic mass is 32.2. The van der Waals surface area contributed by atoms with Crippen LogP contribution in [-0.4, -0.2) is 23.8 Å². The highest BCUT2D eigenvalue weighted by molar-refractivity contribution is 7.99. The number of esters is 1. The third kappa shape index (κ3) is 5.25. The zero-order chi connectivity index (χ0) is 26.8. The van der Waals surface area contributed by atoms with Gasteiger partial charge in [-0.1, -0.05) is 53.4 Å². The van der Waals surface area contributed by atoms with Crippen molar-refractivity contribution < 1.29 is 18.7 Å². The van der Waals surface area contributed by atoms with Crippen LogP contribution in [0.25, 0.3) is 6.08 Å². The molecule has 5 rings (SSSR count). The molecule has 0 saturated heterocycles. The van der Waals surface area contributed by atoms with Gasteiger partial charge in [-0.3, -0.25) is 9.36 Å². The number of nitrogens with zero attached hydrogens (tertiary/aromatic N) is 2. The lowest BCUT2D eigenvalue weighted by molar-refractivity contribution is -0.143. The van der Waals surface area contributed by atoms with Gasteiger partial charge in [0.05, 0.1) is 35.1 Å². The number of carbonyl (C=O) groups excluding carboxylic acids is 1. The van der Waals surface area contributed by atoms with Crippen molar-refractivity contribution in [3.8, 4) is 5.75 Å². The van der Waals surface area contributed by atoms with E-state index in [4.69, 9.17) is 13.9 Å². The van der Waals surface area contributed by atoms with E-state index in [1.807, 2.05) is 54.6 Å². The van der Waals surface area contributed by atoms with Crippen molar-refractivity contribution in [2.45, 2.75) is 42.9 Å². The fourth-order valence-electron chi connectivity index (χ4n) is 4.16. The molecule has 0 N–H and O–H groups in total. The smallest absolute Gasteiger partial charge is 0.338 e. The quantitative estimate of drug-likeness (QED) is 0.306. The topological polar surface area (TPSA) is 83.0 Å². The summed E-state index contributed by atoms with van der Waals surface area (Å²) in [6.45, 7) is 5.35. The molecule has 7 nitrogen and oxygen atoms in total. The Morgan fingerprint density at radius 3 is 2.53 bits per heavy atom. The zero-order valence-corrected chi connectivity index (χ0v) is 23.0. The van der Waals surface area contributed by atoms with Crippen molar-refractivity contribution in [3.63, 3.8) is 0 Å². The summed E-state index contributed by atoms with van der Waals surface area (Å²) in [5.41, 5.74) is 1.35. The van der Waals surface area contributed by atoms with Gasteiger partial charge in [0.2, 0.25) is 0 Å². The fourth-order valence-corrected chi connectivity index (χ4v) is 5.99. The van der Waals surface area contributed by atoms with Crippen LogP contribution in [0.1, 0.15) is 38.1 Å². The Bertz CT molecular complexity index is 1680. The van der Waals surface area contributed by atoms with Crippen LogP contribution >= 0.6 is 23.1 Å². The average molecular weight is 547 g/mol. The molecule has 2 aromatic carbocycles. The average Bonchev–Trinajstić information content (AvgIpc) is 3.46. The summed E-state index contributed by atoms with van der Waals surface area (Å²) in [6.07, 6.45) is 1.40. The van der Waals surface area contributed by atoms with Gasteiger partial charge in [0.1, 0.15) is 11.5 Å². The number of furan rings is 1. The molecule has 0 aliphatic carbocycles. The van der Waals surface area contributed by atoms with Gasteiger partial charge < -0.3 is 13.9 Å². The van der Waals surface area contributed by atoms with E-state index in [0.717, 1.165) is 15.6 Å². The Labute approximate surface area is 227 Å². The van der Waals surface area contributed by atoms with Crippen molar-refractivity contribution in [1.82, 2.24) is 4.57 Å². The van der Waals surface area contributed by atoms with Gasteiger partial charge in [-0.05, 0) is 62.7 Å². The number of fused-ring (bicyclic) bond motifs is 1. The molecule has 4 aromatic rings. The number of rotatable bonds is 7. The maximum absolute atomic E-state index is 13.8. The second-order valence-electron chi connectivity index (χ2n) is 8.88. The normalized spacial score (nSPS) is 15.4. The van der Waals surface area contributed by atoms with E-state index in [-0.39, 0.29) is 11.7 Å². The van der Waals surface area contributed by atoms with Crippen LogP contribution in [0.15, 0.2) is 102 Å². The third-order valence-corrected chi connectivity index (χ3v) is 7.76. The second-order valence-corrected chi connectivity index (χ2v) is 11.0. The van der Waals surface area contributed by atoms with Gasteiger partial charge in [-0.2, -0.15) is 0 Å². The summed E-state index contributed by atoms with van der Waals surface area (Å²) >= 11 is 2.76. The molecule has 0 fully saturated rings. The number of methoxy groups -OCH3 is 1. The Hall–Kier alpha value is -3.82. The molecule has 2 aromatic heterocycles. The maximum atomic E-state index is 13.8. The van der Waals surface area contributed by atoms with Crippen LogP contribution in [0.3, 0.4) is 0 Å². The van der Waals surface area contributed by atoms with Gasteiger partial charge in [-0.15, -0.1) is 0 Å². The highest BCUT2D eigenvalue weighted by Crippen LogP contribution is 2.32. The summed E-state index contributed by atoms with van der Waals surface area (Å²) in [5.74, 6) is 0.741. The molecular formula is C29H26N2O5S2. The molecule has 194 valence electrons. The monoisotopic (exact) mass is 546 g/mol. The molecule has 9 heteroatoms. The molecule has 0 spiro atoms. The summed E-state index contributed by atoms with van der Waals surface area (Å²) in [4.78, 5) is 33.1. The summed E-state index contributed by atoms with van der Waals surface area (Å²) in [7, 11) is 1.59. The molecule has 38 heavy (non-hydrogen) atoms. The van der Waals surface area contributed by atoms with Gasteiger partial charge in [0, 0.05) is 11.0 Å². The van der Waals surface area contributed by atoms with Crippen LogP contribution in [0, 0.1) is 0 Å². The number of thiazole rings is 1. The van der Waals surface area contributed by atoms with Gasteiger partial charge in [0.25, 0.3) is 5.56 Å². The van der Waals surface area contributed by atoms with Crippen molar-refractivity contribution in [2.24, 2.45) is 4.99 Å². The Morgan fingerprint density at radius 2 is 1.84 bits per heavy atom. The summed E-state index contributed by atoms with van der Waals surface area (Å²) in [6, 6.07) is 20.3. The molecule has 0 unspecified atom stereocenters. The molecule has 1 aliphatic heterocycles. The lowest BCUT2D eigenvalue weighted by atomic mass is 9.96. The first-order valence-electron chi connectivity index (χ1n) is 12.0. The second kappa shape index (κ2) is 10.9. The molecule has 0 bridgehead atoms. The van der Waals surface area contributed by atoms with Crippen LogP contribution in [-0.2, 0) is 9.53 Å². The Kier molecular flexibility index (Phi) is 7.40. The first-order chi connectivity index (χ1) is 18.3. The molecule has 3 heterocycles. The first kappa shape index (κ1) is 25.8. The van der Waals surface area contributed by atoms with Crippen LogP contribution in [0.2, 0.25) is 0 Å². The summed E-state index contributed by atoms with van der Waals surface area (Å²) in [5, 5.41) is 0.723. The molecule has 0 amide bonds. The van der Waals surface area contributed by atoms with Crippen LogP contribution in [0.4, 0.5) is 0 Å². The first-order valence-corrected chi connectivity index (χ1v) is 13.7. The third-order valence-electron chi connectivity index (χ3n) is 5.85. The van der Waals surface area contributed by atoms with Crippen molar-refractivity contribution >= 4 is 35.1 Å². The number of benzene rings is 2. The highest BCUT2D eigenvalue weighted by Gasteiger charge is 2.33. The van der Waals surface area contributed by atoms with Crippen molar-refractivity contribution in [2.75, 3.05) is 7.11 Å². The molecule has 0 radical (unpaired) electrons. The largest absolute Gasteiger partial charge is 0.497 e. The SMILES string of the molecule is COc1ccc([C@@H]2C(C(=O)OC(C)C)=C(C)N=c3s/c(=C/c4ccc(Sc5ccccc5)o4)c(=O)n32)cc1. The number of carbonyl (C=O) groups is 1. The molecule has 0 saturated carbocycles. The minimum atomic E-state index is -0.689. The van der Waals surface area contributed by atoms with Crippen LogP contribution < -0.4 is 19.6 Å². The van der Waals surface area contributed by atoms with Gasteiger partial charge in [0.15, 0.2) is 9.89 Å². The standard InChI is InChI=1S/C29H26N2O5S2/c1-17(2)35-28(33)25-18(3)30-29-31(26(25)19-10-12-20(34-4)13-11-19)27(32)23(38-29)16-21-14-15-24(36-21)37-22-8-6-5-7-9-22/h5-17,26H,1-4H3/b23-16+/t26-/m1/s1. The van der Waals surface area contributed by atoms with E-state index in [1.54, 1.807) is 50.7 Å². The van der Waals surface area contributed by atoms with E-state index in [2.05, 4.69) is 4.99 Å². The summed E-state index contributed by atoms with van der Waals surface area (Å²) < 4.78 is 18.8. The fraction of sp³-hybridized carbons (Fsp3) is 0.207. The molecular weight excluding hydrogens is 520 g/mol. The van der Waals surface area contributed by atoms with E-state index in [0.29, 0.717) is 32.1 Å². The number of ether oxygens (including phenoxy) is 2. The van der Waals surface area contributed by atoms with Crippen molar-refractivity contribution in [3.05, 3.63) is 109 Å². The lowest BCUT2D eigenvalue weighted by Crippen LogP contribution is -2.40. The van der Waals surface area contributed by atoms with Gasteiger partial charge >= 0.3 is 5.97 Å². The zero-order valence-electron chi connectivity index (χ0n) is 21.3. The van der Waals surface area contributed by atoms with Gasteiger partial charge in [-0.25, -0.2) is 9.79 Å². The number of allylic oxidation sites excluding steroid dienone is 1. The van der Waals surface area contributed by atoms with Crippen molar-refractivity contribution in [1.29, 1.82) is 0 Å². The van der Waals surface area contributed by atoms with E-state index in [1.165, 1.54) is 23.1 Å². The predicted molar refractivity (Wildman–Crippen MR) is 147 cm³/mol. The Morgan fingerprint density at radius 1 is 1.11 bits per heavy atom. The lowest BCUT2D eigenvalue weighted by Gasteiger charge is -2.25. The molecule has 1 aliphatic rings. The minimum absolute atomic E-state index is 0.259.